The topological polar surface area (TPSA) is 68.0 Å². The van der Waals surface area contributed by atoms with Crippen molar-refractivity contribution in [1.29, 1.82) is 0 Å². The van der Waals surface area contributed by atoms with E-state index in [4.69, 9.17) is 0 Å². The Balaban J connectivity index is 2.08. The lowest BCUT2D eigenvalue weighted by molar-refractivity contribution is -0.115. The van der Waals surface area contributed by atoms with E-state index in [0.29, 0.717) is 5.89 Å². The monoisotopic (exact) mass is 253 g/mol. The number of aromatic nitrogens is 2. The van der Waals surface area contributed by atoms with Crippen LogP contribution in [0, 0.1) is 18.6 Å². The number of benzene rings is 1. The number of hydrogen-bond acceptors (Lipinski definition) is 4. The molecule has 0 aliphatic heterocycles. The molecule has 7 heteroatoms. The smallest absolute Gasteiger partial charge is 0.232 e. The summed E-state index contributed by atoms with van der Waals surface area (Å²) in [6, 6.07) is 3.32. The Labute approximate surface area is 101 Å². The average molecular weight is 253 g/mol. The number of halogens is 2. The van der Waals surface area contributed by atoms with Crippen molar-refractivity contribution in [2.45, 2.75) is 13.3 Å². The molecule has 0 bridgehead atoms. The van der Waals surface area contributed by atoms with Crippen LogP contribution >= 0.6 is 0 Å². The molecule has 0 saturated carbocycles. The number of rotatable bonds is 3. The van der Waals surface area contributed by atoms with Crippen LogP contribution in [0.2, 0.25) is 0 Å². The highest BCUT2D eigenvalue weighted by Gasteiger charge is 2.14. The number of carbonyl (C=O) groups is 1. The van der Waals surface area contributed by atoms with Gasteiger partial charge < -0.3 is 9.84 Å². The van der Waals surface area contributed by atoms with Crippen LogP contribution in [-0.2, 0) is 11.2 Å². The molecule has 0 saturated heterocycles. The molecule has 2 aromatic rings. The first kappa shape index (κ1) is 12.2. The summed E-state index contributed by atoms with van der Waals surface area (Å²) in [5.41, 5.74) is -0.484. The Kier molecular flexibility index (Phi) is 3.31. The molecular weight excluding hydrogens is 244 g/mol. The second kappa shape index (κ2) is 4.91. The van der Waals surface area contributed by atoms with E-state index in [1.165, 1.54) is 6.07 Å². The van der Waals surface area contributed by atoms with Crippen molar-refractivity contribution in [2.75, 3.05) is 5.32 Å². The van der Waals surface area contributed by atoms with E-state index in [2.05, 4.69) is 20.0 Å². The van der Waals surface area contributed by atoms with Crippen LogP contribution < -0.4 is 5.32 Å². The molecule has 0 spiro atoms. The summed E-state index contributed by atoms with van der Waals surface area (Å²) >= 11 is 0. The number of hydrogen-bond donors (Lipinski definition) is 1. The van der Waals surface area contributed by atoms with Gasteiger partial charge in [-0.2, -0.15) is 4.98 Å². The summed E-state index contributed by atoms with van der Waals surface area (Å²) in [7, 11) is 0. The zero-order chi connectivity index (χ0) is 13.1. The Morgan fingerprint density at radius 1 is 1.39 bits per heavy atom. The van der Waals surface area contributed by atoms with Crippen molar-refractivity contribution < 1.29 is 18.1 Å². The molecule has 0 aliphatic carbocycles. The Hall–Kier alpha value is -2.31. The van der Waals surface area contributed by atoms with Gasteiger partial charge in [-0.05, 0) is 12.1 Å². The second-order valence-electron chi connectivity index (χ2n) is 3.55. The van der Waals surface area contributed by atoms with E-state index in [1.807, 2.05) is 0 Å². The first-order valence-electron chi connectivity index (χ1n) is 5.09. The van der Waals surface area contributed by atoms with Gasteiger partial charge in [-0.1, -0.05) is 11.2 Å². The summed E-state index contributed by atoms with van der Waals surface area (Å²) in [5.74, 6) is -1.84. The number of carbonyl (C=O) groups excluding carboxylic acids is 1. The van der Waals surface area contributed by atoms with Crippen LogP contribution in [0.1, 0.15) is 11.7 Å². The fourth-order valence-electron chi connectivity index (χ4n) is 1.36. The van der Waals surface area contributed by atoms with Crippen LogP contribution in [0.3, 0.4) is 0 Å². The number of nitrogens with one attached hydrogen (secondary N) is 1. The van der Waals surface area contributed by atoms with Crippen molar-refractivity contribution in [1.82, 2.24) is 10.1 Å². The zero-order valence-corrected chi connectivity index (χ0v) is 9.41. The minimum Gasteiger partial charge on any atom is -0.340 e. The van der Waals surface area contributed by atoms with Crippen molar-refractivity contribution in [2.24, 2.45) is 0 Å². The van der Waals surface area contributed by atoms with Gasteiger partial charge >= 0.3 is 0 Å². The largest absolute Gasteiger partial charge is 0.340 e. The molecule has 1 heterocycles. The molecule has 18 heavy (non-hydrogen) atoms. The highest BCUT2D eigenvalue weighted by Crippen LogP contribution is 2.18. The van der Waals surface area contributed by atoms with Gasteiger partial charge in [0, 0.05) is 6.92 Å². The number of nitrogens with zero attached hydrogens (tertiary/aromatic N) is 2. The van der Waals surface area contributed by atoms with Crippen molar-refractivity contribution in [3.05, 3.63) is 41.5 Å². The molecule has 0 aliphatic rings. The number of amides is 1. The highest BCUT2D eigenvalue weighted by molar-refractivity contribution is 5.92. The van der Waals surface area contributed by atoms with E-state index in [-0.39, 0.29) is 12.2 Å². The van der Waals surface area contributed by atoms with E-state index >= 15 is 0 Å². The van der Waals surface area contributed by atoms with Gasteiger partial charge in [0.1, 0.15) is 17.3 Å². The van der Waals surface area contributed by atoms with Gasteiger partial charge in [-0.3, -0.25) is 4.79 Å². The first-order valence-corrected chi connectivity index (χ1v) is 5.09. The normalized spacial score (nSPS) is 10.4. The third kappa shape index (κ3) is 2.68. The average Bonchev–Trinajstić information content (AvgIpc) is 2.69. The van der Waals surface area contributed by atoms with Gasteiger partial charge in [-0.25, -0.2) is 8.78 Å². The van der Waals surface area contributed by atoms with Crippen molar-refractivity contribution in [3.8, 4) is 0 Å². The summed E-state index contributed by atoms with van der Waals surface area (Å²) in [5, 5.41) is 5.63. The number of anilines is 1. The lowest BCUT2D eigenvalue weighted by Crippen LogP contribution is -2.17. The molecule has 1 aromatic carbocycles. The molecule has 2 rings (SSSR count). The molecule has 1 aromatic heterocycles. The fourth-order valence-corrected chi connectivity index (χ4v) is 1.36. The SMILES string of the molecule is Cc1nc(CC(=O)Nc2c(F)cccc2F)no1. The molecule has 0 radical (unpaired) electrons. The predicted octanol–water partition coefficient (Wildman–Crippen LogP) is 1.84. The van der Waals surface area contributed by atoms with Crippen molar-refractivity contribution >= 4 is 11.6 Å². The van der Waals surface area contributed by atoms with Gasteiger partial charge in [0.05, 0.1) is 6.42 Å². The molecule has 5 nitrogen and oxygen atoms in total. The molecule has 0 unspecified atom stereocenters. The zero-order valence-electron chi connectivity index (χ0n) is 9.41. The minimum atomic E-state index is -0.840. The van der Waals surface area contributed by atoms with Crippen LogP contribution in [0.5, 0.6) is 0 Å². The molecular formula is C11H9F2N3O2. The highest BCUT2D eigenvalue weighted by atomic mass is 19.1. The third-order valence-corrected chi connectivity index (χ3v) is 2.12. The quantitative estimate of drug-likeness (QED) is 0.906. The Morgan fingerprint density at radius 3 is 2.61 bits per heavy atom. The van der Waals surface area contributed by atoms with Crippen LogP contribution in [-0.4, -0.2) is 16.0 Å². The maximum atomic E-state index is 13.2. The van der Waals surface area contributed by atoms with Gasteiger partial charge in [-0.15, -0.1) is 0 Å². The molecule has 0 fully saturated rings. The van der Waals surface area contributed by atoms with Gasteiger partial charge in [0.25, 0.3) is 0 Å². The Bertz CT molecular complexity index is 563. The summed E-state index contributed by atoms with van der Waals surface area (Å²) < 4.78 is 31.2. The third-order valence-electron chi connectivity index (χ3n) is 2.12. The van der Waals surface area contributed by atoms with Crippen LogP contribution in [0.15, 0.2) is 22.7 Å². The number of para-hydroxylation sites is 1. The lowest BCUT2D eigenvalue weighted by Gasteiger charge is -2.05. The van der Waals surface area contributed by atoms with E-state index < -0.39 is 23.2 Å². The minimum absolute atomic E-state index is 0.154. The fraction of sp³-hybridized carbons (Fsp3) is 0.182. The lowest BCUT2D eigenvalue weighted by atomic mass is 10.2. The molecule has 0 atom stereocenters. The summed E-state index contributed by atoms with van der Waals surface area (Å²) in [6.07, 6.45) is -0.217. The predicted molar refractivity (Wildman–Crippen MR) is 57.7 cm³/mol. The summed E-state index contributed by atoms with van der Waals surface area (Å²) in [6.45, 7) is 1.57. The van der Waals surface area contributed by atoms with Gasteiger partial charge in [0.2, 0.25) is 11.8 Å². The second-order valence-corrected chi connectivity index (χ2v) is 3.55. The molecule has 94 valence electrons. The first-order chi connectivity index (χ1) is 8.56. The maximum absolute atomic E-state index is 13.2. The molecule has 1 amide bonds. The van der Waals surface area contributed by atoms with Crippen molar-refractivity contribution in [3.63, 3.8) is 0 Å². The van der Waals surface area contributed by atoms with E-state index in [9.17, 15) is 13.6 Å². The molecule has 1 N–H and O–H groups in total. The summed E-state index contributed by atoms with van der Waals surface area (Å²) in [4.78, 5) is 15.3. The van der Waals surface area contributed by atoms with Crippen LogP contribution in [0.4, 0.5) is 14.5 Å². The Morgan fingerprint density at radius 2 is 2.06 bits per heavy atom. The number of aryl methyl sites for hydroxylation is 1. The van der Waals surface area contributed by atoms with E-state index in [0.717, 1.165) is 12.1 Å². The van der Waals surface area contributed by atoms with Crippen LogP contribution in [0.25, 0.3) is 0 Å². The van der Waals surface area contributed by atoms with Gasteiger partial charge in [0.15, 0.2) is 5.82 Å². The maximum Gasteiger partial charge on any atom is 0.232 e. The standard InChI is InChI=1S/C11H9F2N3O2/c1-6-14-9(16-18-6)5-10(17)15-11-7(12)3-2-4-8(11)13/h2-4H,5H2,1H3,(H,15,17). The van der Waals surface area contributed by atoms with E-state index in [1.54, 1.807) is 6.92 Å².